The highest BCUT2D eigenvalue weighted by Crippen LogP contribution is 2.21. The normalized spacial score (nSPS) is 16.5. The lowest BCUT2D eigenvalue weighted by Gasteiger charge is -2.39. The van der Waals surface area contributed by atoms with Gasteiger partial charge in [0.05, 0.1) is 22.9 Å². The standard InChI is InChI=1S/C12H14BrN5O/c13-10-5-15-18(7-10)11-8-16(9-11)3-4-17-2-1-14-6-12(17)19/h1-2,5-7,11H,3-4,8-9H2. The molecule has 0 radical (unpaired) electrons. The summed E-state index contributed by atoms with van der Waals surface area (Å²) in [5.41, 5.74) is -0.0458. The highest BCUT2D eigenvalue weighted by Gasteiger charge is 2.28. The second kappa shape index (κ2) is 5.26. The fourth-order valence-corrected chi connectivity index (χ4v) is 2.52. The van der Waals surface area contributed by atoms with Crippen molar-refractivity contribution in [2.75, 3.05) is 19.6 Å². The molecule has 3 heterocycles. The Balaban J connectivity index is 1.50. The molecule has 0 N–H and O–H groups in total. The summed E-state index contributed by atoms with van der Waals surface area (Å²) in [6, 6.07) is 0.445. The van der Waals surface area contributed by atoms with Crippen molar-refractivity contribution in [3.63, 3.8) is 0 Å². The van der Waals surface area contributed by atoms with Crippen molar-refractivity contribution < 1.29 is 0 Å². The van der Waals surface area contributed by atoms with Gasteiger partial charge < -0.3 is 4.57 Å². The summed E-state index contributed by atoms with van der Waals surface area (Å²) in [5.74, 6) is 0. The quantitative estimate of drug-likeness (QED) is 0.833. The van der Waals surface area contributed by atoms with Gasteiger partial charge in [0.15, 0.2) is 0 Å². The molecule has 7 heteroatoms. The van der Waals surface area contributed by atoms with Crippen LogP contribution in [0.3, 0.4) is 0 Å². The first kappa shape index (κ1) is 12.6. The van der Waals surface area contributed by atoms with Crippen molar-refractivity contribution in [2.24, 2.45) is 0 Å². The Bertz CT molecular complexity index is 616. The van der Waals surface area contributed by atoms with E-state index in [-0.39, 0.29) is 5.56 Å². The monoisotopic (exact) mass is 323 g/mol. The Morgan fingerprint density at radius 3 is 2.84 bits per heavy atom. The van der Waals surface area contributed by atoms with Gasteiger partial charge in [-0.2, -0.15) is 5.10 Å². The van der Waals surface area contributed by atoms with Crippen LogP contribution in [-0.4, -0.2) is 43.9 Å². The third-order valence-corrected chi connectivity index (χ3v) is 3.75. The van der Waals surface area contributed by atoms with Gasteiger partial charge in [0.1, 0.15) is 0 Å². The second-order valence-electron chi connectivity index (χ2n) is 4.66. The van der Waals surface area contributed by atoms with Crippen LogP contribution in [0.25, 0.3) is 0 Å². The van der Waals surface area contributed by atoms with Gasteiger partial charge >= 0.3 is 0 Å². The molecule has 2 aromatic rings. The third kappa shape index (κ3) is 2.76. The smallest absolute Gasteiger partial charge is 0.269 e. The Morgan fingerprint density at radius 1 is 1.32 bits per heavy atom. The largest absolute Gasteiger partial charge is 0.311 e. The first-order chi connectivity index (χ1) is 9.22. The van der Waals surface area contributed by atoms with E-state index in [4.69, 9.17) is 0 Å². The van der Waals surface area contributed by atoms with Gasteiger partial charge in [0.2, 0.25) is 0 Å². The molecule has 0 aromatic carbocycles. The zero-order chi connectivity index (χ0) is 13.2. The summed E-state index contributed by atoms with van der Waals surface area (Å²) >= 11 is 3.40. The van der Waals surface area contributed by atoms with E-state index < -0.39 is 0 Å². The van der Waals surface area contributed by atoms with Crippen LogP contribution in [0.2, 0.25) is 0 Å². The summed E-state index contributed by atoms with van der Waals surface area (Å²) in [6.45, 7) is 3.54. The summed E-state index contributed by atoms with van der Waals surface area (Å²) < 4.78 is 4.68. The second-order valence-corrected chi connectivity index (χ2v) is 5.58. The SMILES string of the molecule is O=c1cnccn1CCN1CC(n2cc(Br)cn2)C1. The number of nitrogens with zero attached hydrogens (tertiary/aromatic N) is 5. The number of aromatic nitrogens is 4. The molecular weight excluding hydrogens is 310 g/mol. The Kier molecular flexibility index (Phi) is 3.48. The predicted octanol–water partition coefficient (Wildman–Crippen LogP) is 0.759. The molecular formula is C12H14BrN5O. The Labute approximate surface area is 118 Å². The predicted molar refractivity (Wildman–Crippen MR) is 73.9 cm³/mol. The highest BCUT2D eigenvalue weighted by molar-refractivity contribution is 9.10. The van der Waals surface area contributed by atoms with Crippen molar-refractivity contribution in [2.45, 2.75) is 12.6 Å². The van der Waals surface area contributed by atoms with Crippen molar-refractivity contribution in [1.82, 2.24) is 24.2 Å². The molecule has 1 fully saturated rings. The minimum absolute atomic E-state index is 0.0458. The van der Waals surface area contributed by atoms with Crippen LogP contribution in [0, 0.1) is 0 Å². The summed E-state index contributed by atoms with van der Waals surface area (Å²) in [4.78, 5) is 17.6. The summed E-state index contributed by atoms with van der Waals surface area (Å²) in [7, 11) is 0. The van der Waals surface area contributed by atoms with E-state index in [0.717, 1.165) is 24.1 Å². The molecule has 100 valence electrons. The van der Waals surface area contributed by atoms with E-state index in [1.54, 1.807) is 23.2 Å². The molecule has 0 bridgehead atoms. The van der Waals surface area contributed by atoms with E-state index in [9.17, 15) is 4.79 Å². The van der Waals surface area contributed by atoms with Crippen LogP contribution >= 0.6 is 15.9 Å². The van der Waals surface area contributed by atoms with E-state index in [0.29, 0.717) is 12.6 Å². The average Bonchev–Trinajstić information content (AvgIpc) is 2.76. The van der Waals surface area contributed by atoms with Gasteiger partial charge in [0, 0.05) is 44.8 Å². The van der Waals surface area contributed by atoms with Gasteiger partial charge in [0.25, 0.3) is 5.56 Å². The Morgan fingerprint density at radius 2 is 2.16 bits per heavy atom. The maximum Gasteiger partial charge on any atom is 0.269 e. The molecule has 0 saturated carbocycles. The van der Waals surface area contributed by atoms with Crippen LogP contribution in [0.5, 0.6) is 0 Å². The van der Waals surface area contributed by atoms with Gasteiger partial charge in [-0.25, -0.2) is 0 Å². The van der Waals surface area contributed by atoms with Crippen molar-refractivity contribution in [3.05, 3.63) is 45.8 Å². The molecule has 1 saturated heterocycles. The lowest BCUT2D eigenvalue weighted by atomic mass is 10.1. The molecule has 3 rings (SSSR count). The molecule has 0 spiro atoms. The molecule has 0 aliphatic carbocycles. The molecule has 1 aliphatic rings. The number of hydrogen-bond acceptors (Lipinski definition) is 4. The zero-order valence-electron chi connectivity index (χ0n) is 10.3. The molecule has 2 aromatic heterocycles. The maximum absolute atomic E-state index is 11.5. The van der Waals surface area contributed by atoms with Crippen LogP contribution in [0.15, 0.2) is 40.3 Å². The van der Waals surface area contributed by atoms with Gasteiger partial charge in [-0.05, 0) is 15.9 Å². The number of halogens is 1. The van der Waals surface area contributed by atoms with Crippen LogP contribution in [0.1, 0.15) is 6.04 Å². The molecule has 0 atom stereocenters. The van der Waals surface area contributed by atoms with E-state index in [2.05, 4.69) is 30.9 Å². The van der Waals surface area contributed by atoms with Gasteiger partial charge in [-0.1, -0.05) is 0 Å². The summed E-state index contributed by atoms with van der Waals surface area (Å²) in [6.07, 6.45) is 8.51. The molecule has 0 amide bonds. The fourth-order valence-electron chi connectivity index (χ4n) is 2.21. The van der Waals surface area contributed by atoms with Crippen molar-refractivity contribution >= 4 is 15.9 Å². The highest BCUT2D eigenvalue weighted by atomic mass is 79.9. The lowest BCUT2D eigenvalue weighted by molar-refractivity contribution is 0.0942. The van der Waals surface area contributed by atoms with Gasteiger partial charge in [-0.3, -0.25) is 19.4 Å². The van der Waals surface area contributed by atoms with Gasteiger partial charge in [-0.15, -0.1) is 0 Å². The van der Waals surface area contributed by atoms with Crippen molar-refractivity contribution in [1.29, 1.82) is 0 Å². The molecule has 0 unspecified atom stereocenters. The molecule has 19 heavy (non-hydrogen) atoms. The van der Waals surface area contributed by atoms with Crippen LogP contribution in [0.4, 0.5) is 0 Å². The minimum atomic E-state index is -0.0458. The number of rotatable bonds is 4. The minimum Gasteiger partial charge on any atom is -0.311 e. The molecule has 6 nitrogen and oxygen atoms in total. The average molecular weight is 324 g/mol. The Hall–Kier alpha value is -1.47. The van der Waals surface area contributed by atoms with Crippen molar-refractivity contribution in [3.8, 4) is 0 Å². The number of likely N-dealkylation sites (tertiary alicyclic amines) is 1. The lowest BCUT2D eigenvalue weighted by Crippen LogP contribution is -2.49. The van der Waals surface area contributed by atoms with Crippen LogP contribution < -0.4 is 5.56 Å². The van der Waals surface area contributed by atoms with E-state index in [1.165, 1.54) is 6.20 Å². The summed E-state index contributed by atoms with van der Waals surface area (Å²) in [5, 5.41) is 4.28. The first-order valence-electron chi connectivity index (χ1n) is 6.15. The fraction of sp³-hybridized carbons (Fsp3) is 0.417. The van der Waals surface area contributed by atoms with E-state index in [1.807, 2.05) is 10.9 Å². The first-order valence-corrected chi connectivity index (χ1v) is 6.94. The number of hydrogen-bond donors (Lipinski definition) is 0. The van der Waals surface area contributed by atoms with E-state index >= 15 is 0 Å². The maximum atomic E-state index is 11.5. The van der Waals surface area contributed by atoms with Crippen LogP contribution in [-0.2, 0) is 6.54 Å². The topological polar surface area (TPSA) is 56.0 Å². The molecule has 1 aliphatic heterocycles. The third-order valence-electron chi connectivity index (χ3n) is 3.34. The zero-order valence-corrected chi connectivity index (χ0v) is 11.9.